The molecule has 0 bridgehead atoms. The number of aromatic nitrogens is 3. The van der Waals surface area contributed by atoms with Crippen LogP contribution < -0.4 is 10.6 Å². The number of hydrogen-bond donors (Lipinski definition) is 2. The van der Waals surface area contributed by atoms with Crippen LogP contribution in [0.25, 0.3) is 11.3 Å². The van der Waals surface area contributed by atoms with Gasteiger partial charge in [-0.15, -0.1) is 0 Å². The van der Waals surface area contributed by atoms with E-state index in [-0.39, 0.29) is 0 Å². The molecule has 1 fully saturated rings. The molecule has 3 aromatic rings. The van der Waals surface area contributed by atoms with Crippen molar-refractivity contribution in [3.05, 3.63) is 66.5 Å². The molecule has 0 spiro atoms. The number of rotatable bonds is 6. The molecule has 1 aliphatic rings. The van der Waals surface area contributed by atoms with Crippen LogP contribution in [0.4, 0.5) is 11.8 Å². The molecule has 0 atom stereocenters. The highest BCUT2D eigenvalue weighted by molar-refractivity contribution is 5.64. The van der Waals surface area contributed by atoms with Crippen LogP contribution >= 0.6 is 0 Å². The van der Waals surface area contributed by atoms with E-state index in [4.69, 9.17) is 9.97 Å². The zero-order valence-corrected chi connectivity index (χ0v) is 15.4. The highest BCUT2D eigenvalue weighted by Crippen LogP contribution is 2.25. The molecule has 0 radical (unpaired) electrons. The standard InChI is InChI=1S/C22H25N5/c1-3-9-17(10-4-1)20-15-21(25-18-11-5-2-6-12-18)27-22(26-20)24-16-19-13-7-8-14-23-19/h1,3-4,7-10,13-15,18H,2,5-6,11-12,16H2,(H2,24,25,26,27). The lowest BCUT2D eigenvalue weighted by Gasteiger charge is -2.23. The van der Waals surface area contributed by atoms with E-state index in [1.807, 2.05) is 36.4 Å². The van der Waals surface area contributed by atoms with E-state index in [2.05, 4.69) is 33.8 Å². The second-order valence-electron chi connectivity index (χ2n) is 6.98. The first-order chi connectivity index (χ1) is 13.4. The van der Waals surface area contributed by atoms with Crippen LogP contribution in [0.3, 0.4) is 0 Å². The minimum Gasteiger partial charge on any atom is -0.367 e. The van der Waals surface area contributed by atoms with Crippen molar-refractivity contribution in [3.63, 3.8) is 0 Å². The minimum absolute atomic E-state index is 0.501. The first kappa shape index (κ1) is 17.5. The van der Waals surface area contributed by atoms with Crippen molar-refractivity contribution >= 4 is 11.8 Å². The van der Waals surface area contributed by atoms with Gasteiger partial charge >= 0.3 is 0 Å². The molecule has 5 heteroatoms. The van der Waals surface area contributed by atoms with E-state index in [1.165, 1.54) is 32.1 Å². The molecule has 1 saturated carbocycles. The van der Waals surface area contributed by atoms with Gasteiger partial charge in [-0.05, 0) is 25.0 Å². The number of anilines is 2. The lowest BCUT2D eigenvalue weighted by molar-refractivity contribution is 0.462. The van der Waals surface area contributed by atoms with Crippen LogP contribution in [0.1, 0.15) is 37.8 Å². The molecule has 4 rings (SSSR count). The van der Waals surface area contributed by atoms with Crippen molar-refractivity contribution in [3.8, 4) is 11.3 Å². The van der Waals surface area contributed by atoms with Crippen LogP contribution in [0.5, 0.6) is 0 Å². The molecule has 0 unspecified atom stereocenters. The van der Waals surface area contributed by atoms with E-state index in [0.29, 0.717) is 18.5 Å². The van der Waals surface area contributed by atoms with Crippen molar-refractivity contribution < 1.29 is 0 Å². The number of nitrogens with zero attached hydrogens (tertiary/aromatic N) is 3. The van der Waals surface area contributed by atoms with Crippen molar-refractivity contribution in [1.29, 1.82) is 0 Å². The first-order valence-electron chi connectivity index (χ1n) is 9.72. The Morgan fingerprint density at radius 2 is 1.70 bits per heavy atom. The van der Waals surface area contributed by atoms with Crippen molar-refractivity contribution in [2.45, 2.75) is 44.7 Å². The number of nitrogens with one attached hydrogen (secondary N) is 2. The summed E-state index contributed by atoms with van der Waals surface area (Å²) in [5, 5.41) is 6.95. The van der Waals surface area contributed by atoms with E-state index in [9.17, 15) is 0 Å². The number of hydrogen-bond acceptors (Lipinski definition) is 5. The lowest BCUT2D eigenvalue weighted by atomic mass is 9.95. The number of benzene rings is 1. The fourth-order valence-corrected chi connectivity index (χ4v) is 3.49. The molecular formula is C22H25N5. The summed E-state index contributed by atoms with van der Waals surface area (Å²) in [5.41, 5.74) is 2.98. The third-order valence-corrected chi connectivity index (χ3v) is 4.91. The Hall–Kier alpha value is -2.95. The minimum atomic E-state index is 0.501. The highest BCUT2D eigenvalue weighted by Gasteiger charge is 2.15. The predicted molar refractivity (Wildman–Crippen MR) is 110 cm³/mol. The van der Waals surface area contributed by atoms with Gasteiger partial charge in [-0.1, -0.05) is 55.7 Å². The third-order valence-electron chi connectivity index (χ3n) is 4.91. The van der Waals surface area contributed by atoms with Gasteiger partial charge in [0.05, 0.1) is 17.9 Å². The summed E-state index contributed by atoms with van der Waals surface area (Å²) in [4.78, 5) is 13.8. The smallest absolute Gasteiger partial charge is 0.225 e. The average Bonchev–Trinajstić information content (AvgIpc) is 2.74. The van der Waals surface area contributed by atoms with Gasteiger partial charge in [-0.25, -0.2) is 4.98 Å². The highest BCUT2D eigenvalue weighted by atomic mass is 15.2. The Labute approximate surface area is 160 Å². The van der Waals surface area contributed by atoms with Gasteiger partial charge < -0.3 is 10.6 Å². The maximum atomic E-state index is 4.72. The van der Waals surface area contributed by atoms with Crippen LogP contribution in [0, 0.1) is 0 Å². The second-order valence-corrected chi connectivity index (χ2v) is 6.98. The summed E-state index contributed by atoms with van der Waals surface area (Å²) in [5.74, 6) is 1.51. The second kappa shape index (κ2) is 8.62. The molecule has 27 heavy (non-hydrogen) atoms. The Morgan fingerprint density at radius 1 is 0.889 bits per heavy atom. The lowest BCUT2D eigenvalue weighted by Crippen LogP contribution is -2.23. The van der Waals surface area contributed by atoms with Crippen LogP contribution in [-0.4, -0.2) is 21.0 Å². The first-order valence-corrected chi connectivity index (χ1v) is 9.72. The monoisotopic (exact) mass is 359 g/mol. The molecule has 0 aliphatic heterocycles. The van der Waals surface area contributed by atoms with Crippen LogP contribution in [-0.2, 0) is 6.54 Å². The van der Waals surface area contributed by atoms with Gasteiger partial charge in [0.2, 0.25) is 5.95 Å². The summed E-state index contributed by atoms with van der Waals surface area (Å²) >= 11 is 0. The average molecular weight is 359 g/mol. The topological polar surface area (TPSA) is 62.7 Å². The van der Waals surface area contributed by atoms with Crippen molar-refractivity contribution in [2.24, 2.45) is 0 Å². The summed E-state index contributed by atoms with van der Waals surface area (Å²) < 4.78 is 0. The molecule has 1 aliphatic carbocycles. The largest absolute Gasteiger partial charge is 0.367 e. The molecule has 5 nitrogen and oxygen atoms in total. The number of pyridine rings is 1. The molecule has 0 amide bonds. The van der Waals surface area contributed by atoms with E-state index in [1.54, 1.807) is 6.20 Å². The van der Waals surface area contributed by atoms with Gasteiger partial charge in [0.15, 0.2) is 0 Å². The molecule has 2 heterocycles. The van der Waals surface area contributed by atoms with E-state index >= 15 is 0 Å². The molecule has 138 valence electrons. The predicted octanol–water partition coefficient (Wildman–Crippen LogP) is 4.90. The summed E-state index contributed by atoms with van der Waals surface area (Å²) in [7, 11) is 0. The van der Waals surface area contributed by atoms with Gasteiger partial charge in [-0.3, -0.25) is 4.98 Å². The molecule has 0 saturated heterocycles. The van der Waals surface area contributed by atoms with Gasteiger partial charge in [-0.2, -0.15) is 4.98 Å². The SMILES string of the molecule is c1ccc(-c2cc(NC3CCCCC3)nc(NCc3ccccn3)n2)cc1. The summed E-state index contributed by atoms with van der Waals surface area (Å²) in [6, 6.07) is 18.7. The van der Waals surface area contributed by atoms with Gasteiger partial charge in [0, 0.05) is 23.9 Å². The normalized spacial score (nSPS) is 14.7. The van der Waals surface area contributed by atoms with E-state index < -0.39 is 0 Å². The van der Waals surface area contributed by atoms with Crippen LogP contribution in [0.2, 0.25) is 0 Å². The molecule has 2 aromatic heterocycles. The van der Waals surface area contributed by atoms with E-state index in [0.717, 1.165) is 22.8 Å². The Kier molecular flexibility index (Phi) is 5.58. The Balaban J connectivity index is 1.57. The van der Waals surface area contributed by atoms with Crippen molar-refractivity contribution in [2.75, 3.05) is 10.6 Å². The van der Waals surface area contributed by atoms with Crippen molar-refractivity contribution in [1.82, 2.24) is 15.0 Å². The zero-order valence-electron chi connectivity index (χ0n) is 15.4. The third kappa shape index (κ3) is 4.82. The maximum Gasteiger partial charge on any atom is 0.225 e. The van der Waals surface area contributed by atoms with Gasteiger partial charge in [0.25, 0.3) is 0 Å². The Bertz CT molecular complexity index is 845. The summed E-state index contributed by atoms with van der Waals surface area (Å²) in [6.45, 7) is 0.599. The molecule has 2 N–H and O–H groups in total. The summed E-state index contributed by atoms with van der Waals surface area (Å²) in [6.07, 6.45) is 8.14. The van der Waals surface area contributed by atoms with Gasteiger partial charge in [0.1, 0.15) is 5.82 Å². The Morgan fingerprint density at radius 3 is 2.48 bits per heavy atom. The quantitative estimate of drug-likeness (QED) is 0.656. The molecule has 1 aromatic carbocycles. The van der Waals surface area contributed by atoms with Crippen LogP contribution in [0.15, 0.2) is 60.8 Å². The maximum absolute atomic E-state index is 4.72. The fourth-order valence-electron chi connectivity index (χ4n) is 3.49. The molecular weight excluding hydrogens is 334 g/mol. The zero-order chi connectivity index (χ0) is 18.3. The fraction of sp³-hybridized carbons (Fsp3) is 0.318.